The van der Waals surface area contributed by atoms with Crippen LogP contribution in [-0.4, -0.2) is 17.1 Å². The van der Waals surface area contributed by atoms with Crippen LogP contribution in [0.3, 0.4) is 0 Å². The van der Waals surface area contributed by atoms with Crippen LogP contribution in [0.15, 0.2) is 78.0 Å². The first-order valence-electron chi connectivity index (χ1n) is 9.22. The van der Waals surface area contributed by atoms with Crippen LogP contribution in [-0.2, 0) is 12.3 Å². The second-order valence-electron chi connectivity index (χ2n) is 6.49. The Morgan fingerprint density at radius 2 is 1.76 bits per heavy atom. The smallest absolute Gasteiger partial charge is 0.190 e. The van der Waals surface area contributed by atoms with Crippen LogP contribution in [0, 0.1) is 5.82 Å². The third-order valence-corrected chi connectivity index (χ3v) is 5.38. The van der Waals surface area contributed by atoms with Gasteiger partial charge in [-0.3, -0.25) is 0 Å². The quantitative estimate of drug-likeness (QED) is 0.316. The van der Waals surface area contributed by atoms with Crippen molar-refractivity contribution < 1.29 is 9.13 Å². The summed E-state index contributed by atoms with van der Waals surface area (Å²) in [4.78, 5) is 9.36. The van der Waals surface area contributed by atoms with E-state index in [0.29, 0.717) is 17.5 Å². The minimum absolute atomic E-state index is 0.232. The summed E-state index contributed by atoms with van der Waals surface area (Å²) in [5.41, 5.74) is 2.91. The van der Waals surface area contributed by atoms with E-state index < -0.39 is 0 Å². The highest BCUT2D eigenvalue weighted by Gasteiger charge is 2.09. The van der Waals surface area contributed by atoms with Gasteiger partial charge in [0.1, 0.15) is 17.4 Å². The zero-order chi connectivity index (χ0) is 20.1. The molecule has 0 aliphatic carbocycles. The molecule has 0 radical (unpaired) electrons. The van der Waals surface area contributed by atoms with Gasteiger partial charge < -0.3 is 10.1 Å². The second-order valence-corrected chi connectivity index (χ2v) is 7.43. The van der Waals surface area contributed by atoms with E-state index in [1.165, 1.54) is 23.9 Å². The second kappa shape index (κ2) is 8.92. The van der Waals surface area contributed by atoms with Crippen molar-refractivity contribution in [2.24, 2.45) is 0 Å². The molecule has 4 rings (SSSR count). The van der Waals surface area contributed by atoms with E-state index in [0.717, 1.165) is 33.6 Å². The lowest BCUT2D eigenvalue weighted by atomic mass is 10.2. The Hall–Kier alpha value is -3.12. The van der Waals surface area contributed by atoms with Gasteiger partial charge >= 0.3 is 0 Å². The van der Waals surface area contributed by atoms with Crippen molar-refractivity contribution in [3.63, 3.8) is 0 Å². The van der Waals surface area contributed by atoms with Crippen molar-refractivity contribution in [2.75, 3.05) is 12.4 Å². The van der Waals surface area contributed by atoms with Gasteiger partial charge in [-0.15, -0.1) is 0 Å². The molecule has 1 N–H and O–H groups in total. The van der Waals surface area contributed by atoms with Crippen molar-refractivity contribution in [3.8, 4) is 5.75 Å². The molecule has 1 heterocycles. The summed E-state index contributed by atoms with van der Waals surface area (Å²) >= 11 is 1.49. The number of hydrogen-bond acceptors (Lipinski definition) is 5. The molecule has 1 aromatic heterocycles. The number of hydrogen-bond donors (Lipinski definition) is 1. The van der Waals surface area contributed by atoms with Crippen molar-refractivity contribution in [1.29, 1.82) is 0 Å². The molecule has 4 aromatic rings. The van der Waals surface area contributed by atoms with Gasteiger partial charge in [0.15, 0.2) is 5.16 Å². The maximum Gasteiger partial charge on any atom is 0.190 e. The summed E-state index contributed by atoms with van der Waals surface area (Å²) in [5.74, 6) is 1.99. The molecule has 3 aromatic carbocycles. The summed E-state index contributed by atoms with van der Waals surface area (Å²) in [6.07, 6.45) is 0. The zero-order valence-electron chi connectivity index (χ0n) is 15.9. The van der Waals surface area contributed by atoms with E-state index in [-0.39, 0.29) is 5.82 Å². The number of benzene rings is 3. The summed E-state index contributed by atoms with van der Waals surface area (Å²) < 4.78 is 18.6. The van der Waals surface area contributed by atoms with Crippen LogP contribution in [0.1, 0.15) is 11.1 Å². The minimum atomic E-state index is -0.232. The molecule has 4 nitrogen and oxygen atoms in total. The molecule has 0 aliphatic heterocycles. The fourth-order valence-corrected chi connectivity index (χ4v) is 3.75. The van der Waals surface area contributed by atoms with E-state index in [9.17, 15) is 4.39 Å². The van der Waals surface area contributed by atoms with E-state index in [4.69, 9.17) is 9.72 Å². The van der Waals surface area contributed by atoms with Crippen LogP contribution < -0.4 is 10.1 Å². The number of para-hydroxylation sites is 1. The third-order valence-electron chi connectivity index (χ3n) is 4.46. The molecule has 0 unspecified atom stereocenters. The van der Waals surface area contributed by atoms with Crippen molar-refractivity contribution >= 4 is 28.5 Å². The summed E-state index contributed by atoms with van der Waals surface area (Å²) in [6.45, 7) is 0.638. The van der Waals surface area contributed by atoms with Gasteiger partial charge in [0.2, 0.25) is 0 Å². The molecule has 29 heavy (non-hydrogen) atoms. The summed E-state index contributed by atoms with van der Waals surface area (Å²) in [6, 6.07) is 22.4. The Kier molecular flexibility index (Phi) is 5.91. The fraction of sp³-hybridized carbons (Fsp3) is 0.130. The number of ether oxygens (including phenoxy) is 1. The average Bonchev–Trinajstić information content (AvgIpc) is 2.76. The predicted molar refractivity (Wildman–Crippen MR) is 116 cm³/mol. The lowest BCUT2D eigenvalue weighted by Gasteiger charge is -2.11. The summed E-state index contributed by atoms with van der Waals surface area (Å²) in [5, 5.41) is 5.05. The maximum absolute atomic E-state index is 13.4. The minimum Gasteiger partial charge on any atom is -0.497 e. The highest BCUT2D eigenvalue weighted by Crippen LogP contribution is 2.27. The predicted octanol–water partition coefficient (Wildman–Crippen LogP) is 5.68. The first kappa shape index (κ1) is 19.2. The van der Waals surface area contributed by atoms with E-state index >= 15 is 0 Å². The zero-order valence-corrected chi connectivity index (χ0v) is 16.7. The van der Waals surface area contributed by atoms with E-state index in [1.807, 2.05) is 54.6 Å². The molecule has 0 atom stereocenters. The normalized spacial score (nSPS) is 10.8. The molecule has 0 spiro atoms. The largest absolute Gasteiger partial charge is 0.497 e. The Morgan fingerprint density at radius 3 is 2.55 bits per heavy atom. The average molecular weight is 405 g/mol. The van der Waals surface area contributed by atoms with Crippen molar-refractivity contribution in [3.05, 3.63) is 89.7 Å². The van der Waals surface area contributed by atoms with Crippen LogP contribution in [0.4, 0.5) is 10.2 Å². The van der Waals surface area contributed by atoms with E-state index in [1.54, 1.807) is 13.2 Å². The highest BCUT2D eigenvalue weighted by atomic mass is 32.2. The number of thioether (sulfide) groups is 1. The Balaban J connectivity index is 1.55. The highest BCUT2D eigenvalue weighted by molar-refractivity contribution is 7.98. The summed E-state index contributed by atoms with van der Waals surface area (Å²) in [7, 11) is 1.66. The standard InChI is InChI=1S/C23H20FN3OS/c1-28-19-11-9-16(10-12-19)14-25-22-20-7-2-3-8-21(20)26-23(27-22)29-15-17-5-4-6-18(24)13-17/h2-13H,14-15H2,1H3,(H,25,26,27). The topological polar surface area (TPSA) is 47.0 Å². The molecule has 0 aliphatic rings. The monoisotopic (exact) mass is 405 g/mol. The number of aromatic nitrogens is 2. The molecule has 0 saturated carbocycles. The molecule has 0 bridgehead atoms. The van der Waals surface area contributed by atoms with Gasteiger partial charge in [-0.05, 0) is 47.5 Å². The van der Waals surface area contributed by atoms with Crippen LogP contribution in [0.5, 0.6) is 5.75 Å². The maximum atomic E-state index is 13.4. The third kappa shape index (κ3) is 4.84. The lowest BCUT2D eigenvalue weighted by molar-refractivity contribution is 0.414. The molecule has 0 fully saturated rings. The molecule has 0 saturated heterocycles. The molecule has 0 amide bonds. The number of methoxy groups -OCH3 is 1. The Morgan fingerprint density at radius 1 is 0.931 bits per heavy atom. The van der Waals surface area contributed by atoms with Crippen molar-refractivity contribution in [1.82, 2.24) is 9.97 Å². The fourth-order valence-electron chi connectivity index (χ4n) is 2.96. The molecular formula is C23H20FN3OS. The number of nitrogens with one attached hydrogen (secondary N) is 1. The SMILES string of the molecule is COc1ccc(CNc2nc(SCc3cccc(F)c3)nc3ccccc23)cc1. The van der Waals surface area contributed by atoms with Crippen LogP contribution >= 0.6 is 11.8 Å². The van der Waals surface area contributed by atoms with Gasteiger partial charge in [-0.2, -0.15) is 0 Å². The Bertz CT molecular complexity index is 1120. The number of anilines is 1. The molecule has 6 heteroatoms. The van der Waals surface area contributed by atoms with Crippen molar-refractivity contribution in [2.45, 2.75) is 17.5 Å². The first-order valence-corrected chi connectivity index (χ1v) is 10.2. The van der Waals surface area contributed by atoms with Crippen LogP contribution in [0.2, 0.25) is 0 Å². The van der Waals surface area contributed by atoms with Gasteiger partial charge in [-0.25, -0.2) is 14.4 Å². The number of fused-ring (bicyclic) bond motifs is 1. The number of halogens is 1. The number of rotatable bonds is 7. The van der Waals surface area contributed by atoms with Gasteiger partial charge in [-0.1, -0.05) is 48.2 Å². The van der Waals surface area contributed by atoms with E-state index in [2.05, 4.69) is 10.3 Å². The first-order chi connectivity index (χ1) is 14.2. The van der Waals surface area contributed by atoms with Crippen LogP contribution in [0.25, 0.3) is 10.9 Å². The number of nitrogens with zero attached hydrogens (tertiary/aromatic N) is 2. The lowest BCUT2D eigenvalue weighted by Crippen LogP contribution is -2.04. The van der Waals surface area contributed by atoms with Gasteiger partial charge in [0, 0.05) is 17.7 Å². The Labute approximate surface area is 173 Å². The molecular weight excluding hydrogens is 385 g/mol. The van der Waals surface area contributed by atoms with Gasteiger partial charge in [0.25, 0.3) is 0 Å². The molecule has 146 valence electrons. The van der Waals surface area contributed by atoms with Gasteiger partial charge in [0.05, 0.1) is 12.6 Å².